The summed E-state index contributed by atoms with van der Waals surface area (Å²) in [7, 11) is 0. The van der Waals surface area contributed by atoms with Crippen molar-refractivity contribution in [2.45, 2.75) is 11.8 Å². The number of carbonyl (C=O) groups is 2. The number of nitrogens with zero attached hydrogens (tertiary/aromatic N) is 2. The normalized spacial score (nSPS) is 10.5. The smallest absolute Gasteiger partial charge is 0.321 e. The number of hydrogen-bond acceptors (Lipinski definition) is 7. The Hall–Kier alpha value is -2.36. The molecule has 1 aromatic carbocycles. The lowest BCUT2D eigenvalue weighted by atomic mass is 10.2. The zero-order valence-electron chi connectivity index (χ0n) is 13.3. The van der Waals surface area contributed by atoms with Gasteiger partial charge in [0.25, 0.3) is 5.22 Å². The zero-order chi connectivity index (χ0) is 18.4. The first-order chi connectivity index (χ1) is 12.6. The molecule has 10 heteroatoms. The van der Waals surface area contributed by atoms with Crippen LogP contribution in [0.1, 0.15) is 4.88 Å². The molecule has 134 valence electrons. The lowest BCUT2D eigenvalue weighted by molar-refractivity contribution is -0.117. The van der Waals surface area contributed by atoms with Crippen LogP contribution in [0.15, 0.2) is 51.4 Å². The molecule has 0 bridgehead atoms. The molecule has 0 atom stereocenters. The Morgan fingerprint density at radius 1 is 1.23 bits per heavy atom. The van der Waals surface area contributed by atoms with Gasteiger partial charge in [0, 0.05) is 15.5 Å². The van der Waals surface area contributed by atoms with Gasteiger partial charge in [-0.25, -0.2) is 4.79 Å². The van der Waals surface area contributed by atoms with Crippen molar-refractivity contribution in [2.24, 2.45) is 0 Å². The first-order valence-corrected chi connectivity index (χ1v) is 9.67. The number of rotatable bonds is 6. The van der Waals surface area contributed by atoms with Gasteiger partial charge in [-0.1, -0.05) is 35.5 Å². The van der Waals surface area contributed by atoms with Gasteiger partial charge < -0.3 is 9.73 Å². The quantitative estimate of drug-likeness (QED) is 0.605. The van der Waals surface area contributed by atoms with Crippen molar-refractivity contribution in [2.75, 3.05) is 5.75 Å². The van der Waals surface area contributed by atoms with Crippen LogP contribution in [0.25, 0.3) is 11.5 Å². The van der Waals surface area contributed by atoms with E-state index < -0.39 is 11.9 Å². The zero-order valence-corrected chi connectivity index (χ0v) is 15.7. The highest BCUT2D eigenvalue weighted by Crippen LogP contribution is 2.24. The summed E-state index contributed by atoms with van der Waals surface area (Å²) in [5.74, 6) is -0.172. The van der Waals surface area contributed by atoms with E-state index in [9.17, 15) is 9.59 Å². The Kier molecular flexibility index (Phi) is 6.26. The van der Waals surface area contributed by atoms with Crippen LogP contribution in [0.2, 0.25) is 5.02 Å². The molecule has 0 aliphatic carbocycles. The van der Waals surface area contributed by atoms with Gasteiger partial charge in [-0.15, -0.1) is 21.5 Å². The molecule has 0 saturated carbocycles. The van der Waals surface area contributed by atoms with Gasteiger partial charge >= 0.3 is 6.03 Å². The number of urea groups is 1. The van der Waals surface area contributed by atoms with E-state index in [0.717, 1.165) is 16.6 Å². The number of hydrogen-bond donors (Lipinski definition) is 2. The summed E-state index contributed by atoms with van der Waals surface area (Å²) in [5, 5.41) is 15.3. The number of amides is 3. The molecule has 2 N–H and O–H groups in total. The van der Waals surface area contributed by atoms with E-state index in [-0.39, 0.29) is 11.0 Å². The minimum atomic E-state index is -0.547. The fourth-order valence-corrected chi connectivity index (χ4v) is 3.32. The molecule has 2 aromatic heterocycles. The first kappa shape index (κ1) is 18.4. The number of nitrogens with one attached hydrogen (secondary N) is 2. The van der Waals surface area contributed by atoms with Crippen molar-refractivity contribution in [3.8, 4) is 11.5 Å². The third-order valence-corrected chi connectivity index (χ3v) is 4.99. The van der Waals surface area contributed by atoms with E-state index in [1.165, 1.54) is 11.3 Å². The van der Waals surface area contributed by atoms with Gasteiger partial charge in [-0.2, -0.15) is 0 Å². The third kappa shape index (κ3) is 5.32. The maximum Gasteiger partial charge on any atom is 0.321 e. The molecule has 0 saturated heterocycles. The standard InChI is InChI=1S/C16H13ClN4O3S2/c17-11-4-1-3-10(7-11)14-20-21-16(24-14)26-9-13(22)19-15(23)18-8-12-5-2-6-25-12/h1-7H,8-9H2,(H2,18,19,22,23). The Morgan fingerprint density at radius 3 is 2.88 bits per heavy atom. The Balaban J connectivity index is 1.45. The number of imide groups is 1. The molecular weight excluding hydrogens is 396 g/mol. The van der Waals surface area contributed by atoms with Crippen molar-refractivity contribution < 1.29 is 14.0 Å². The van der Waals surface area contributed by atoms with Gasteiger partial charge in [-0.05, 0) is 29.6 Å². The molecule has 26 heavy (non-hydrogen) atoms. The van der Waals surface area contributed by atoms with E-state index >= 15 is 0 Å². The summed E-state index contributed by atoms with van der Waals surface area (Å²) in [6.45, 7) is 0.372. The molecule has 3 rings (SSSR count). The second kappa shape index (κ2) is 8.84. The van der Waals surface area contributed by atoms with Gasteiger partial charge in [0.05, 0.1) is 12.3 Å². The van der Waals surface area contributed by atoms with Crippen LogP contribution < -0.4 is 10.6 Å². The second-order valence-corrected chi connectivity index (χ2v) is 7.38. The molecule has 0 fully saturated rings. The van der Waals surface area contributed by atoms with Crippen molar-refractivity contribution in [1.82, 2.24) is 20.8 Å². The third-order valence-electron chi connectivity index (χ3n) is 3.06. The molecule has 0 aliphatic heterocycles. The van der Waals surface area contributed by atoms with E-state index in [2.05, 4.69) is 20.8 Å². The fourth-order valence-electron chi connectivity index (χ4n) is 1.92. The average Bonchev–Trinajstić information content (AvgIpc) is 3.30. The van der Waals surface area contributed by atoms with Crippen LogP contribution >= 0.6 is 34.7 Å². The first-order valence-electron chi connectivity index (χ1n) is 7.42. The Bertz CT molecular complexity index is 899. The summed E-state index contributed by atoms with van der Waals surface area (Å²) in [6, 6.07) is 10.3. The van der Waals surface area contributed by atoms with E-state index in [1.807, 2.05) is 17.5 Å². The summed E-state index contributed by atoms with van der Waals surface area (Å²) < 4.78 is 5.48. The predicted molar refractivity (Wildman–Crippen MR) is 100 cm³/mol. The topological polar surface area (TPSA) is 97.1 Å². The van der Waals surface area contributed by atoms with E-state index in [1.54, 1.807) is 24.3 Å². The maximum absolute atomic E-state index is 11.8. The monoisotopic (exact) mass is 408 g/mol. The van der Waals surface area contributed by atoms with Gasteiger partial charge in [-0.3, -0.25) is 10.1 Å². The van der Waals surface area contributed by atoms with Crippen molar-refractivity contribution >= 4 is 46.6 Å². The maximum atomic E-state index is 11.8. The van der Waals surface area contributed by atoms with Crippen molar-refractivity contribution in [3.05, 3.63) is 51.7 Å². The van der Waals surface area contributed by atoms with Gasteiger partial charge in [0.1, 0.15) is 0 Å². The number of thioether (sulfide) groups is 1. The number of carbonyl (C=O) groups excluding carboxylic acids is 2. The molecule has 0 radical (unpaired) electrons. The molecule has 0 spiro atoms. The van der Waals surface area contributed by atoms with Crippen LogP contribution in [0.3, 0.4) is 0 Å². The average molecular weight is 409 g/mol. The largest absolute Gasteiger partial charge is 0.411 e. The van der Waals surface area contributed by atoms with E-state index in [0.29, 0.717) is 23.0 Å². The molecule has 2 heterocycles. The molecule has 7 nitrogen and oxygen atoms in total. The Labute approximate surface area is 162 Å². The fraction of sp³-hybridized carbons (Fsp3) is 0.125. The van der Waals surface area contributed by atoms with Crippen LogP contribution in [0.5, 0.6) is 0 Å². The lowest BCUT2D eigenvalue weighted by Gasteiger charge is -2.04. The SMILES string of the molecule is O=C(CSc1nnc(-c2cccc(Cl)c2)o1)NC(=O)NCc1cccs1. The number of aromatic nitrogens is 2. The summed E-state index contributed by atoms with van der Waals surface area (Å²) in [6.07, 6.45) is 0. The highest BCUT2D eigenvalue weighted by molar-refractivity contribution is 7.99. The van der Waals surface area contributed by atoms with Crippen molar-refractivity contribution in [1.29, 1.82) is 0 Å². The molecule has 0 unspecified atom stereocenters. The van der Waals surface area contributed by atoms with Crippen LogP contribution in [-0.4, -0.2) is 27.9 Å². The van der Waals surface area contributed by atoms with E-state index in [4.69, 9.17) is 16.0 Å². The molecule has 3 amide bonds. The minimum absolute atomic E-state index is 0.0242. The minimum Gasteiger partial charge on any atom is -0.411 e. The summed E-state index contributed by atoms with van der Waals surface area (Å²) >= 11 is 8.49. The Morgan fingerprint density at radius 2 is 2.12 bits per heavy atom. The number of halogens is 1. The summed E-state index contributed by atoms with van der Waals surface area (Å²) in [5.41, 5.74) is 0.689. The predicted octanol–water partition coefficient (Wildman–Crippen LogP) is 3.57. The van der Waals surface area contributed by atoms with Crippen molar-refractivity contribution in [3.63, 3.8) is 0 Å². The molecular formula is C16H13ClN4O3S2. The number of thiophene rings is 1. The second-order valence-electron chi connectivity index (χ2n) is 4.98. The lowest BCUT2D eigenvalue weighted by Crippen LogP contribution is -2.39. The molecule has 0 aliphatic rings. The summed E-state index contributed by atoms with van der Waals surface area (Å²) in [4.78, 5) is 24.5. The molecule has 3 aromatic rings. The van der Waals surface area contributed by atoms with Crippen LogP contribution in [0, 0.1) is 0 Å². The van der Waals surface area contributed by atoms with Crippen LogP contribution in [0.4, 0.5) is 4.79 Å². The van der Waals surface area contributed by atoms with Gasteiger partial charge in [0.2, 0.25) is 11.8 Å². The highest BCUT2D eigenvalue weighted by atomic mass is 35.5. The van der Waals surface area contributed by atoms with Crippen LogP contribution in [-0.2, 0) is 11.3 Å². The number of benzene rings is 1. The highest BCUT2D eigenvalue weighted by Gasteiger charge is 2.13. The van der Waals surface area contributed by atoms with Gasteiger partial charge in [0.15, 0.2) is 0 Å².